The van der Waals surface area contributed by atoms with E-state index in [0.717, 1.165) is 25.9 Å². The quantitative estimate of drug-likeness (QED) is 0.327. The van der Waals surface area contributed by atoms with Crippen LogP contribution in [0.2, 0.25) is 0 Å². The molecule has 0 saturated heterocycles. The zero-order valence-corrected chi connectivity index (χ0v) is 11.1. The third-order valence-electron chi connectivity index (χ3n) is 2.79. The van der Waals surface area contributed by atoms with Crippen LogP contribution in [0.25, 0.3) is 0 Å². The Hall–Kier alpha value is -0.570. The number of esters is 1. The molecule has 0 spiro atoms. The molecule has 0 aromatic heterocycles. The van der Waals surface area contributed by atoms with Gasteiger partial charge in [-0.15, -0.1) is 0 Å². The van der Waals surface area contributed by atoms with Gasteiger partial charge in [0.15, 0.2) is 0 Å². The fourth-order valence-corrected chi connectivity index (χ4v) is 1.51. The molecular formula is C13H27NO2. The van der Waals surface area contributed by atoms with Gasteiger partial charge in [-0.3, -0.25) is 9.69 Å². The minimum Gasteiger partial charge on any atom is -0.449 e. The summed E-state index contributed by atoms with van der Waals surface area (Å²) in [7, 11) is 0. The van der Waals surface area contributed by atoms with Crippen LogP contribution in [-0.4, -0.2) is 30.7 Å². The molecule has 16 heavy (non-hydrogen) atoms. The van der Waals surface area contributed by atoms with Gasteiger partial charge in [0.1, 0.15) is 6.73 Å². The highest BCUT2D eigenvalue weighted by atomic mass is 16.5. The molecule has 0 aliphatic rings. The molecule has 0 unspecified atom stereocenters. The van der Waals surface area contributed by atoms with Crippen molar-refractivity contribution in [1.82, 2.24) is 4.90 Å². The molecule has 0 aliphatic carbocycles. The van der Waals surface area contributed by atoms with Crippen LogP contribution in [0.1, 0.15) is 59.3 Å². The van der Waals surface area contributed by atoms with Crippen molar-refractivity contribution in [3.05, 3.63) is 0 Å². The van der Waals surface area contributed by atoms with E-state index in [2.05, 4.69) is 25.7 Å². The fraction of sp³-hybridized carbons (Fsp3) is 0.923. The van der Waals surface area contributed by atoms with Gasteiger partial charge >= 0.3 is 5.97 Å². The van der Waals surface area contributed by atoms with Crippen molar-refractivity contribution < 1.29 is 9.53 Å². The normalized spacial score (nSPS) is 10.8. The van der Waals surface area contributed by atoms with Gasteiger partial charge < -0.3 is 4.74 Å². The van der Waals surface area contributed by atoms with E-state index in [1.807, 2.05) is 0 Å². The molecule has 0 rings (SSSR count). The minimum atomic E-state index is -0.0524. The van der Waals surface area contributed by atoms with Crippen LogP contribution in [0, 0.1) is 0 Å². The fourth-order valence-electron chi connectivity index (χ4n) is 1.51. The number of hydrogen-bond acceptors (Lipinski definition) is 3. The van der Waals surface area contributed by atoms with Crippen molar-refractivity contribution >= 4 is 5.97 Å². The second kappa shape index (κ2) is 10.9. The molecule has 96 valence electrons. The summed E-state index contributed by atoms with van der Waals surface area (Å²) >= 11 is 0. The van der Waals surface area contributed by atoms with Crippen LogP contribution in [0.4, 0.5) is 0 Å². The van der Waals surface area contributed by atoms with E-state index in [9.17, 15) is 4.79 Å². The highest BCUT2D eigenvalue weighted by molar-refractivity contribution is 5.69. The lowest BCUT2D eigenvalue weighted by atomic mass is 10.1. The first kappa shape index (κ1) is 15.4. The highest BCUT2D eigenvalue weighted by Gasteiger charge is 2.05. The lowest BCUT2D eigenvalue weighted by Crippen LogP contribution is -2.27. The lowest BCUT2D eigenvalue weighted by molar-refractivity contribution is -0.148. The van der Waals surface area contributed by atoms with Gasteiger partial charge in [0.25, 0.3) is 0 Å². The van der Waals surface area contributed by atoms with Crippen molar-refractivity contribution in [1.29, 1.82) is 0 Å². The standard InChI is InChI=1S/C13H27NO2/c1-4-7-8-9-10-11-13(15)16-12-14(5-2)6-3/h4-12H2,1-3H3. The SMILES string of the molecule is CCCCCCCC(=O)OCN(CC)CC. The number of carbonyl (C=O) groups is 1. The van der Waals surface area contributed by atoms with Crippen LogP contribution < -0.4 is 0 Å². The summed E-state index contributed by atoms with van der Waals surface area (Å²) < 4.78 is 5.18. The maximum atomic E-state index is 11.4. The predicted molar refractivity (Wildman–Crippen MR) is 67.3 cm³/mol. The van der Waals surface area contributed by atoms with Gasteiger partial charge in [-0.05, 0) is 19.5 Å². The van der Waals surface area contributed by atoms with Gasteiger partial charge in [0.05, 0.1) is 0 Å². The minimum absolute atomic E-state index is 0.0524. The van der Waals surface area contributed by atoms with E-state index in [-0.39, 0.29) is 5.97 Å². The Bertz CT molecular complexity index is 167. The second-order valence-corrected chi connectivity index (χ2v) is 4.11. The first-order valence-electron chi connectivity index (χ1n) is 6.62. The molecule has 0 fully saturated rings. The van der Waals surface area contributed by atoms with E-state index in [1.54, 1.807) is 0 Å². The molecule has 0 aliphatic heterocycles. The molecular weight excluding hydrogens is 202 g/mol. The third kappa shape index (κ3) is 8.72. The number of ether oxygens (including phenoxy) is 1. The van der Waals surface area contributed by atoms with E-state index in [1.165, 1.54) is 19.3 Å². The average Bonchev–Trinajstić information content (AvgIpc) is 2.30. The third-order valence-corrected chi connectivity index (χ3v) is 2.79. The van der Waals surface area contributed by atoms with E-state index in [4.69, 9.17) is 4.74 Å². The Morgan fingerprint density at radius 1 is 1.00 bits per heavy atom. The second-order valence-electron chi connectivity index (χ2n) is 4.11. The Balaban J connectivity index is 3.37. The number of rotatable bonds is 10. The van der Waals surface area contributed by atoms with Gasteiger partial charge in [0, 0.05) is 6.42 Å². The molecule has 0 N–H and O–H groups in total. The van der Waals surface area contributed by atoms with Crippen LogP contribution in [0.15, 0.2) is 0 Å². The predicted octanol–water partition coefficient (Wildman–Crippen LogP) is 3.19. The maximum Gasteiger partial charge on any atom is 0.307 e. The molecule has 3 heteroatoms. The number of unbranched alkanes of at least 4 members (excludes halogenated alkanes) is 4. The van der Waals surface area contributed by atoms with E-state index < -0.39 is 0 Å². The molecule has 0 bridgehead atoms. The topological polar surface area (TPSA) is 29.5 Å². The summed E-state index contributed by atoms with van der Waals surface area (Å²) in [6.45, 7) is 8.64. The van der Waals surface area contributed by atoms with E-state index >= 15 is 0 Å². The van der Waals surface area contributed by atoms with Crippen molar-refractivity contribution in [2.75, 3.05) is 19.8 Å². The molecule has 0 amide bonds. The number of carbonyl (C=O) groups excluding carboxylic acids is 1. The van der Waals surface area contributed by atoms with Crippen LogP contribution >= 0.6 is 0 Å². The molecule has 0 atom stereocenters. The average molecular weight is 229 g/mol. The van der Waals surface area contributed by atoms with Crippen LogP contribution in [0.5, 0.6) is 0 Å². The first-order chi connectivity index (χ1) is 7.74. The van der Waals surface area contributed by atoms with Crippen molar-refractivity contribution in [2.45, 2.75) is 59.3 Å². The molecule has 0 saturated carbocycles. The lowest BCUT2D eigenvalue weighted by Gasteiger charge is -2.17. The maximum absolute atomic E-state index is 11.4. The van der Waals surface area contributed by atoms with Gasteiger partial charge in [-0.1, -0.05) is 46.5 Å². The zero-order valence-electron chi connectivity index (χ0n) is 11.1. The van der Waals surface area contributed by atoms with Crippen molar-refractivity contribution in [3.63, 3.8) is 0 Å². The monoisotopic (exact) mass is 229 g/mol. The summed E-state index contributed by atoms with van der Waals surface area (Å²) in [5.74, 6) is -0.0524. The largest absolute Gasteiger partial charge is 0.449 e. The van der Waals surface area contributed by atoms with Gasteiger partial charge in [-0.2, -0.15) is 0 Å². The molecule has 0 aromatic rings. The Morgan fingerprint density at radius 2 is 1.62 bits per heavy atom. The summed E-state index contributed by atoms with van der Waals surface area (Å²) in [6, 6.07) is 0. The molecule has 0 radical (unpaired) electrons. The number of nitrogens with zero attached hydrogens (tertiary/aromatic N) is 1. The summed E-state index contributed by atoms with van der Waals surface area (Å²) in [6.07, 6.45) is 6.44. The highest BCUT2D eigenvalue weighted by Crippen LogP contribution is 2.05. The Kier molecular flexibility index (Phi) is 10.5. The molecule has 0 heterocycles. The van der Waals surface area contributed by atoms with E-state index in [0.29, 0.717) is 13.2 Å². The summed E-state index contributed by atoms with van der Waals surface area (Å²) in [5, 5.41) is 0. The smallest absolute Gasteiger partial charge is 0.307 e. The molecule has 3 nitrogen and oxygen atoms in total. The zero-order chi connectivity index (χ0) is 12.2. The molecule has 0 aromatic carbocycles. The van der Waals surface area contributed by atoms with Crippen LogP contribution in [-0.2, 0) is 9.53 Å². The Labute approximate surface area is 100 Å². The number of hydrogen-bond donors (Lipinski definition) is 0. The van der Waals surface area contributed by atoms with Crippen molar-refractivity contribution in [2.24, 2.45) is 0 Å². The summed E-state index contributed by atoms with van der Waals surface area (Å²) in [4.78, 5) is 13.5. The Morgan fingerprint density at radius 3 is 2.19 bits per heavy atom. The summed E-state index contributed by atoms with van der Waals surface area (Å²) in [5.41, 5.74) is 0. The van der Waals surface area contributed by atoms with Gasteiger partial charge in [0.2, 0.25) is 0 Å². The first-order valence-corrected chi connectivity index (χ1v) is 6.62. The van der Waals surface area contributed by atoms with Crippen LogP contribution in [0.3, 0.4) is 0 Å². The van der Waals surface area contributed by atoms with Gasteiger partial charge in [-0.25, -0.2) is 0 Å². The van der Waals surface area contributed by atoms with Crippen molar-refractivity contribution in [3.8, 4) is 0 Å².